The molecule has 0 bridgehead atoms. The molecule has 3 heterocycles. The van der Waals surface area contributed by atoms with Crippen LogP contribution < -0.4 is 10.6 Å². The Balaban J connectivity index is 1.46. The molecule has 5 nitrogen and oxygen atoms in total. The highest BCUT2D eigenvalue weighted by molar-refractivity contribution is 5.66. The standard InChI is InChI=1S/C15H25N5/c16-14-13-17-4-3-15(14)20-11-9-19(10-12-20)8-7-18-5-1-2-6-18/h3-4,13H,1-2,5-12,16H2. The summed E-state index contributed by atoms with van der Waals surface area (Å²) in [7, 11) is 0. The number of anilines is 2. The zero-order chi connectivity index (χ0) is 13.8. The van der Waals surface area contributed by atoms with Crippen molar-refractivity contribution in [1.29, 1.82) is 0 Å². The van der Waals surface area contributed by atoms with Crippen LogP contribution in [-0.4, -0.2) is 67.1 Å². The topological polar surface area (TPSA) is 48.6 Å². The largest absolute Gasteiger partial charge is 0.396 e. The number of nitrogen functional groups attached to an aromatic ring is 1. The van der Waals surface area contributed by atoms with Crippen molar-refractivity contribution in [3.8, 4) is 0 Å². The predicted molar refractivity (Wildman–Crippen MR) is 83.0 cm³/mol. The molecule has 0 saturated carbocycles. The normalized spacial score (nSPS) is 21.5. The van der Waals surface area contributed by atoms with E-state index in [4.69, 9.17) is 5.73 Å². The lowest BCUT2D eigenvalue weighted by Gasteiger charge is -2.37. The van der Waals surface area contributed by atoms with Crippen molar-refractivity contribution in [3.05, 3.63) is 18.5 Å². The van der Waals surface area contributed by atoms with Crippen LogP contribution in [-0.2, 0) is 0 Å². The molecule has 3 rings (SSSR count). The third kappa shape index (κ3) is 3.22. The number of hydrogen-bond donors (Lipinski definition) is 1. The first-order valence-corrected chi connectivity index (χ1v) is 7.72. The second kappa shape index (κ2) is 6.41. The molecule has 0 radical (unpaired) electrons. The van der Waals surface area contributed by atoms with Crippen molar-refractivity contribution in [3.63, 3.8) is 0 Å². The minimum absolute atomic E-state index is 0.790. The smallest absolute Gasteiger partial charge is 0.0738 e. The summed E-state index contributed by atoms with van der Waals surface area (Å²) in [6.07, 6.45) is 6.34. The summed E-state index contributed by atoms with van der Waals surface area (Å²) in [5.74, 6) is 0. The van der Waals surface area contributed by atoms with Crippen LogP contribution in [0.15, 0.2) is 18.5 Å². The van der Waals surface area contributed by atoms with Gasteiger partial charge in [0.25, 0.3) is 0 Å². The fraction of sp³-hybridized carbons (Fsp3) is 0.667. The second-order valence-corrected chi connectivity index (χ2v) is 5.81. The summed E-state index contributed by atoms with van der Waals surface area (Å²) in [5.41, 5.74) is 7.93. The van der Waals surface area contributed by atoms with E-state index in [1.54, 1.807) is 6.20 Å². The molecule has 20 heavy (non-hydrogen) atoms. The van der Waals surface area contributed by atoms with E-state index in [1.165, 1.54) is 39.0 Å². The first kappa shape index (κ1) is 13.6. The molecule has 5 heteroatoms. The molecule has 2 aliphatic heterocycles. The summed E-state index contributed by atoms with van der Waals surface area (Å²) in [4.78, 5) is 11.6. The maximum atomic E-state index is 6.00. The predicted octanol–water partition coefficient (Wildman–Crippen LogP) is 0.882. The van der Waals surface area contributed by atoms with Crippen molar-refractivity contribution in [1.82, 2.24) is 14.8 Å². The lowest BCUT2D eigenvalue weighted by Crippen LogP contribution is -2.48. The second-order valence-electron chi connectivity index (χ2n) is 5.81. The Morgan fingerprint density at radius 3 is 2.25 bits per heavy atom. The fourth-order valence-corrected chi connectivity index (χ4v) is 3.19. The molecule has 0 unspecified atom stereocenters. The minimum atomic E-state index is 0.790. The van der Waals surface area contributed by atoms with Gasteiger partial charge in [-0.3, -0.25) is 9.88 Å². The molecule has 0 atom stereocenters. The lowest BCUT2D eigenvalue weighted by atomic mass is 10.2. The van der Waals surface area contributed by atoms with Crippen LogP contribution in [0.2, 0.25) is 0 Å². The lowest BCUT2D eigenvalue weighted by molar-refractivity contribution is 0.215. The number of hydrogen-bond acceptors (Lipinski definition) is 5. The summed E-state index contributed by atoms with van der Waals surface area (Å²) in [6, 6.07) is 2.02. The van der Waals surface area contributed by atoms with E-state index in [-0.39, 0.29) is 0 Å². The highest BCUT2D eigenvalue weighted by Crippen LogP contribution is 2.22. The molecular weight excluding hydrogens is 250 g/mol. The van der Waals surface area contributed by atoms with Gasteiger partial charge in [0.1, 0.15) is 0 Å². The van der Waals surface area contributed by atoms with Gasteiger partial charge in [0, 0.05) is 45.5 Å². The highest BCUT2D eigenvalue weighted by atomic mass is 15.3. The Bertz CT molecular complexity index is 422. The zero-order valence-corrected chi connectivity index (χ0v) is 12.2. The number of pyridine rings is 1. The van der Waals surface area contributed by atoms with E-state index in [2.05, 4.69) is 19.7 Å². The van der Waals surface area contributed by atoms with Gasteiger partial charge in [-0.25, -0.2) is 0 Å². The summed E-state index contributed by atoms with van der Waals surface area (Å²) in [5, 5.41) is 0. The Hall–Kier alpha value is -1.33. The van der Waals surface area contributed by atoms with Crippen LogP contribution in [0.3, 0.4) is 0 Å². The van der Waals surface area contributed by atoms with E-state index in [0.717, 1.165) is 37.6 Å². The number of rotatable bonds is 4. The minimum Gasteiger partial charge on any atom is -0.396 e. The molecule has 1 aromatic rings. The number of nitrogens with two attached hydrogens (primary N) is 1. The van der Waals surface area contributed by atoms with E-state index in [0.29, 0.717) is 0 Å². The van der Waals surface area contributed by atoms with Crippen molar-refractivity contribution in [2.75, 3.05) is 63.0 Å². The van der Waals surface area contributed by atoms with Gasteiger partial charge < -0.3 is 15.5 Å². The molecule has 0 amide bonds. The Morgan fingerprint density at radius 1 is 0.950 bits per heavy atom. The Morgan fingerprint density at radius 2 is 1.60 bits per heavy atom. The number of piperazine rings is 1. The summed E-state index contributed by atoms with van der Waals surface area (Å²) < 4.78 is 0. The Labute approximate surface area is 121 Å². The van der Waals surface area contributed by atoms with Crippen molar-refractivity contribution in [2.24, 2.45) is 0 Å². The number of aromatic nitrogens is 1. The van der Waals surface area contributed by atoms with Crippen molar-refractivity contribution >= 4 is 11.4 Å². The monoisotopic (exact) mass is 275 g/mol. The van der Waals surface area contributed by atoms with Gasteiger partial charge in [-0.2, -0.15) is 0 Å². The van der Waals surface area contributed by atoms with Gasteiger partial charge in [0.2, 0.25) is 0 Å². The fourth-order valence-electron chi connectivity index (χ4n) is 3.19. The zero-order valence-electron chi connectivity index (χ0n) is 12.2. The molecule has 2 aliphatic rings. The van der Waals surface area contributed by atoms with Crippen LogP contribution in [0, 0.1) is 0 Å². The van der Waals surface area contributed by atoms with E-state index < -0.39 is 0 Å². The summed E-state index contributed by atoms with van der Waals surface area (Å²) in [6.45, 7) is 9.44. The maximum absolute atomic E-state index is 6.00. The van der Waals surface area contributed by atoms with Crippen molar-refractivity contribution in [2.45, 2.75) is 12.8 Å². The van der Waals surface area contributed by atoms with Crippen molar-refractivity contribution < 1.29 is 0 Å². The average molecular weight is 275 g/mol. The van der Waals surface area contributed by atoms with Crippen LogP contribution in [0.5, 0.6) is 0 Å². The summed E-state index contributed by atoms with van der Waals surface area (Å²) >= 11 is 0. The molecule has 0 aromatic carbocycles. The number of likely N-dealkylation sites (tertiary alicyclic amines) is 1. The molecular formula is C15H25N5. The highest BCUT2D eigenvalue weighted by Gasteiger charge is 2.19. The molecule has 110 valence electrons. The average Bonchev–Trinajstić information content (AvgIpc) is 3.00. The van der Waals surface area contributed by atoms with E-state index >= 15 is 0 Å². The molecule has 2 N–H and O–H groups in total. The molecule has 1 aromatic heterocycles. The SMILES string of the molecule is Nc1cnccc1N1CCN(CCN2CCCC2)CC1. The van der Waals surface area contributed by atoms with Gasteiger partial charge in [-0.05, 0) is 32.0 Å². The van der Waals surface area contributed by atoms with Gasteiger partial charge in [0.15, 0.2) is 0 Å². The molecule has 0 spiro atoms. The molecule has 2 saturated heterocycles. The maximum Gasteiger partial charge on any atom is 0.0738 e. The van der Waals surface area contributed by atoms with E-state index in [9.17, 15) is 0 Å². The van der Waals surface area contributed by atoms with Gasteiger partial charge in [-0.15, -0.1) is 0 Å². The Kier molecular flexibility index (Phi) is 4.38. The van der Waals surface area contributed by atoms with Gasteiger partial charge >= 0.3 is 0 Å². The van der Waals surface area contributed by atoms with E-state index in [1.807, 2.05) is 12.3 Å². The quantitative estimate of drug-likeness (QED) is 0.884. The first-order chi connectivity index (χ1) is 9.83. The third-order valence-corrected chi connectivity index (χ3v) is 4.47. The van der Waals surface area contributed by atoms with Gasteiger partial charge in [0.05, 0.1) is 17.6 Å². The van der Waals surface area contributed by atoms with Crippen LogP contribution in [0.4, 0.5) is 11.4 Å². The number of nitrogens with zero attached hydrogens (tertiary/aromatic N) is 4. The third-order valence-electron chi connectivity index (χ3n) is 4.47. The molecule has 0 aliphatic carbocycles. The van der Waals surface area contributed by atoms with Crippen LogP contribution in [0.25, 0.3) is 0 Å². The van der Waals surface area contributed by atoms with Crippen LogP contribution >= 0.6 is 0 Å². The van der Waals surface area contributed by atoms with Gasteiger partial charge in [-0.1, -0.05) is 0 Å². The van der Waals surface area contributed by atoms with Crippen LogP contribution in [0.1, 0.15) is 12.8 Å². The first-order valence-electron chi connectivity index (χ1n) is 7.72. The molecule has 2 fully saturated rings.